The fourth-order valence-corrected chi connectivity index (χ4v) is 5.11. The second kappa shape index (κ2) is 6.82. The van der Waals surface area contributed by atoms with E-state index >= 15 is 0 Å². The molecule has 1 aromatic heterocycles. The molecule has 118 valence electrons. The first kappa shape index (κ1) is 15.5. The van der Waals surface area contributed by atoms with Crippen LogP contribution >= 0.6 is 15.9 Å². The minimum Gasteiger partial charge on any atom is -0.322 e. The second-order valence-electron chi connectivity index (χ2n) is 7.00. The number of hydrogen-bond acceptors (Lipinski definition) is 2. The highest BCUT2D eigenvalue weighted by Gasteiger charge is 2.36. The number of nitrogens with two attached hydrogens (primary N) is 1. The zero-order valence-electron chi connectivity index (χ0n) is 13.1. The monoisotopic (exact) mass is 353 g/mol. The summed E-state index contributed by atoms with van der Waals surface area (Å²) in [6.07, 6.45) is 12.8. The molecule has 2 fully saturated rings. The molecule has 0 aliphatic heterocycles. The van der Waals surface area contributed by atoms with Gasteiger partial charge in [0.25, 0.3) is 0 Å². The molecule has 3 nitrogen and oxygen atoms in total. The van der Waals surface area contributed by atoms with E-state index in [-0.39, 0.29) is 6.04 Å². The van der Waals surface area contributed by atoms with Gasteiger partial charge < -0.3 is 5.73 Å². The first-order valence-electron chi connectivity index (χ1n) is 8.67. The van der Waals surface area contributed by atoms with Crippen molar-refractivity contribution in [2.24, 2.45) is 23.5 Å². The van der Waals surface area contributed by atoms with Crippen molar-refractivity contribution < 1.29 is 0 Å². The van der Waals surface area contributed by atoms with Gasteiger partial charge in [-0.05, 0) is 59.4 Å². The Kier molecular flexibility index (Phi) is 5.05. The molecule has 1 aromatic rings. The molecular formula is C17H28BrN3. The Hall–Kier alpha value is -0.350. The van der Waals surface area contributed by atoms with Crippen molar-refractivity contribution in [3.8, 4) is 0 Å². The number of aromatic nitrogens is 2. The van der Waals surface area contributed by atoms with Crippen LogP contribution in [0.25, 0.3) is 0 Å². The van der Waals surface area contributed by atoms with E-state index in [0.717, 1.165) is 29.3 Å². The standard InChI is InChI=1S/C17H28BrN3/c1-2-9-21-17(15(18)11-20-21)16(19)14-8-7-12-5-3-4-6-13(12)10-14/h11-14,16H,2-10,19H2,1H3. The van der Waals surface area contributed by atoms with Gasteiger partial charge in [0.2, 0.25) is 0 Å². The Bertz CT molecular complexity index is 471. The minimum atomic E-state index is 0.135. The van der Waals surface area contributed by atoms with Crippen molar-refractivity contribution in [3.63, 3.8) is 0 Å². The third-order valence-corrected chi connectivity index (χ3v) is 6.28. The van der Waals surface area contributed by atoms with Gasteiger partial charge in [0, 0.05) is 6.54 Å². The Morgan fingerprint density at radius 1 is 1.29 bits per heavy atom. The molecule has 0 saturated heterocycles. The van der Waals surface area contributed by atoms with Crippen molar-refractivity contribution >= 4 is 15.9 Å². The van der Waals surface area contributed by atoms with Crippen molar-refractivity contribution in [2.45, 2.75) is 70.9 Å². The molecule has 2 saturated carbocycles. The van der Waals surface area contributed by atoms with Gasteiger partial charge in [0.05, 0.1) is 22.4 Å². The van der Waals surface area contributed by atoms with Gasteiger partial charge in [-0.25, -0.2) is 0 Å². The van der Waals surface area contributed by atoms with Crippen LogP contribution in [0.5, 0.6) is 0 Å². The molecule has 2 aliphatic carbocycles. The maximum Gasteiger partial charge on any atom is 0.0696 e. The smallest absolute Gasteiger partial charge is 0.0696 e. The van der Waals surface area contributed by atoms with E-state index in [0.29, 0.717) is 5.92 Å². The van der Waals surface area contributed by atoms with Gasteiger partial charge in [-0.3, -0.25) is 4.68 Å². The normalized spacial score (nSPS) is 30.9. The van der Waals surface area contributed by atoms with E-state index in [1.54, 1.807) is 0 Å². The van der Waals surface area contributed by atoms with E-state index in [4.69, 9.17) is 5.73 Å². The highest BCUT2D eigenvalue weighted by atomic mass is 79.9. The van der Waals surface area contributed by atoms with Crippen LogP contribution in [0.1, 0.15) is 70.0 Å². The van der Waals surface area contributed by atoms with Crippen LogP contribution in [0, 0.1) is 17.8 Å². The number of aryl methyl sites for hydroxylation is 1. The van der Waals surface area contributed by atoms with Crippen LogP contribution in [0.3, 0.4) is 0 Å². The predicted octanol–water partition coefficient (Wildman–Crippen LogP) is 4.66. The molecule has 21 heavy (non-hydrogen) atoms. The number of fused-ring (bicyclic) bond motifs is 1. The summed E-state index contributed by atoms with van der Waals surface area (Å²) in [5.41, 5.74) is 7.90. The molecule has 0 radical (unpaired) electrons. The summed E-state index contributed by atoms with van der Waals surface area (Å²) in [4.78, 5) is 0. The lowest BCUT2D eigenvalue weighted by molar-refractivity contribution is 0.115. The first-order valence-corrected chi connectivity index (χ1v) is 9.46. The quantitative estimate of drug-likeness (QED) is 0.854. The van der Waals surface area contributed by atoms with Gasteiger partial charge in [0.15, 0.2) is 0 Å². The van der Waals surface area contributed by atoms with Gasteiger partial charge in [-0.15, -0.1) is 0 Å². The van der Waals surface area contributed by atoms with Crippen molar-refractivity contribution in [1.82, 2.24) is 9.78 Å². The average Bonchev–Trinajstić information content (AvgIpc) is 2.87. The average molecular weight is 354 g/mol. The highest BCUT2D eigenvalue weighted by molar-refractivity contribution is 9.10. The lowest BCUT2D eigenvalue weighted by Gasteiger charge is -2.41. The summed E-state index contributed by atoms with van der Waals surface area (Å²) in [6.45, 7) is 3.16. The van der Waals surface area contributed by atoms with Crippen LogP contribution in [0.4, 0.5) is 0 Å². The van der Waals surface area contributed by atoms with E-state index < -0.39 is 0 Å². The molecule has 2 aliphatic rings. The summed E-state index contributed by atoms with van der Waals surface area (Å²) >= 11 is 3.66. The Balaban J connectivity index is 1.73. The van der Waals surface area contributed by atoms with E-state index in [9.17, 15) is 0 Å². The van der Waals surface area contributed by atoms with Crippen molar-refractivity contribution in [3.05, 3.63) is 16.4 Å². The van der Waals surface area contributed by atoms with E-state index in [2.05, 4.69) is 32.6 Å². The largest absolute Gasteiger partial charge is 0.322 e. The molecule has 2 N–H and O–H groups in total. The summed E-state index contributed by atoms with van der Waals surface area (Å²) < 4.78 is 3.20. The topological polar surface area (TPSA) is 43.8 Å². The summed E-state index contributed by atoms with van der Waals surface area (Å²) in [7, 11) is 0. The predicted molar refractivity (Wildman–Crippen MR) is 89.9 cm³/mol. The Morgan fingerprint density at radius 3 is 2.81 bits per heavy atom. The number of rotatable bonds is 4. The van der Waals surface area contributed by atoms with E-state index in [1.807, 2.05) is 6.20 Å². The number of halogens is 1. The Labute approximate surface area is 136 Å². The number of nitrogens with zero attached hydrogens (tertiary/aromatic N) is 2. The lowest BCUT2D eigenvalue weighted by Crippen LogP contribution is -2.34. The van der Waals surface area contributed by atoms with Crippen LogP contribution in [0.2, 0.25) is 0 Å². The van der Waals surface area contributed by atoms with Crippen molar-refractivity contribution in [2.75, 3.05) is 0 Å². The van der Waals surface area contributed by atoms with Crippen LogP contribution in [0.15, 0.2) is 10.7 Å². The Morgan fingerprint density at radius 2 is 2.05 bits per heavy atom. The summed E-state index contributed by atoms with van der Waals surface area (Å²) in [5.74, 6) is 2.56. The molecule has 3 rings (SSSR count). The fourth-order valence-electron chi connectivity index (χ4n) is 4.55. The first-order chi connectivity index (χ1) is 10.2. The second-order valence-corrected chi connectivity index (χ2v) is 7.86. The third kappa shape index (κ3) is 3.21. The molecule has 0 spiro atoms. The maximum absolute atomic E-state index is 6.68. The summed E-state index contributed by atoms with van der Waals surface area (Å²) in [5, 5.41) is 4.49. The van der Waals surface area contributed by atoms with Crippen LogP contribution in [-0.4, -0.2) is 9.78 Å². The van der Waals surface area contributed by atoms with Gasteiger partial charge >= 0.3 is 0 Å². The van der Waals surface area contributed by atoms with Crippen molar-refractivity contribution in [1.29, 1.82) is 0 Å². The van der Waals surface area contributed by atoms with Gasteiger partial charge in [-0.2, -0.15) is 5.10 Å². The highest BCUT2D eigenvalue weighted by Crippen LogP contribution is 2.46. The molecule has 4 atom stereocenters. The molecular weight excluding hydrogens is 326 g/mol. The van der Waals surface area contributed by atoms with Crippen LogP contribution < -0.4 is 5.73 Å². The molecule has 4 unspecified atom stereocenters. The van der Waals surface area contributed by atoms with Gasteiger partial charge in [0.1, 0.15) is 0 Å². The zero-order chi connectivity index (χ0) is 14.8. The van der Waals surface area contributed by atoms with E-state index in [1.165, 1.54) is 50.6 Å². The van der Waals surface area contributed by atoms with Gasteiger partial charge in [-0.1, -0.05) is 32.6 Å². The molecule has 0 amide bonds. The molecule has 0 aromatic carbocycles. The lowest BCUT2D eigenvalue weighted by atomic mass is 9.66. The fraction of sp³-hybridized carbons (Fsp3) is 0.824. The molecule has 0 bridgehead atoms. The third-order valence-electron chi connectivity index (χ3n) is 5.67. The molecule has 1 heterocycles. The number of hydrogen-bond donors (Lipinski definition) is 1. The zero-order valence-corrected chi connectivity index (χ0v) is 14.7. The van der Waals surface area contributed by atoms with Crippen LogP contribution in [-0.2, 0) is 6.54 Å². The molecule has 4 heteroatoms. The SMILES string of the molecule is CCCn1ncc(Br)c1C(N)C1CCC2CCCCC2C1. The minimum absolute atomic E-state index is 0.135. The summed E-state index contributed by atoms with van der Waals surface area (Å²) in [6, 6.07) is 0.135. The maximum atomic E-state index is 6.68.